The van der Waals surface area contributed by atoms with Gasteiger partial charge in [0.25, 0.3) is 0 Å². The predicted molar refractivity (Wildman–Crippen MR) is 79.4 cm³/mol. The largest absolute Gasteiger partial charge is 0.331 e. The van der Waals surface area contributed by atoms with Gasteiger partial charge >= 0.3 is 0 Å². The minimum atomic E-state index is 0.727. The number of rotatable bonds is 3. The van der Waals surface area contributed by atoms with E-state index < -0.39 is 0 Å². The molecule has 0 unspecified atom stereocenters. The van der Waals surface area contributed by atoms with E-state index in [1.807, 2.05) is 12.3 Å². The van der Waals surface area contributed by atoms with E-state index >= 15 is 0 Å². The van der Waals surface area contributed by atoms with Gasteiger partial charge in [0, 0.05) is 34.4 Å². The minimum absolute atomic E-state index is 0.727. The van der Waals surface area contributed by atoms with Crippen LogP contribution in [0.15, 0.2) is 22.9 Å². The van der Waals surface area contributed by atoms with E-state index in [0.717, 1.165) is 39.8 Å². The van der Waals surface area contributed by atoms with Gasteiger partial charge < -0.3 is 4.57 Å². The summed E-state index contributed by atoms with van der Waals surface area (Å²) in [4.78, 5) is 15.7. The molecular weight excluding hydrogens is 304 g/mol. The lowest BCUT2D eigenvalue weighted by Crippen LogP contribution is -2.13. The number of carbonyl (C=O) groups excluding carboxylic acids is 1. The molecular formula is C15H17BrN2O. The highest BCUT2D eigenvalue weighted by atomic mass is 79.9. The number of carbonyl (C=O) groups is 1. The average Bonchev–Trinajstić information content (AvgIpc) is 2.80. The third-order valence-corrected chi connectivity index (χ3v) is 4.70. The van der Waals surface area contributed by atoms with Gasteiger partial charge in [-0.15, -0.1) is 0 Å². The van der Waals surface area contributed by atoms with Crippen LogP contribution < -0.4 is 0 Å². The molecule has 0 radical (unpaired) electrons. The van der Waals surface area contributed by atoms with Crippen LogP contribution in [0.2, 0.25) is 0 Å². The number of aromatic nitrogens is 2. The molecule has 0 atom stereocenters. The molecule has 0 amide bonds. The molecule has 0 N–H and O–H groups in total. The number of nitrogens with zero attached hydrogens (tertiary/aromatic N) is 2. The van der Waals surface area contributed by atoms with Crippen molar-refractivity contribution in [3.8, 4) is 0 Å². The second kappa shape index (κ2) is 5.45. The fourth-order valence-electron chi connectivity index (χ4n) is 3.08. The molecule has 0 aromatic carbocycles. The van der Waals surface area contributed by atoms with Gasteiger partial charge in [-0.25, -0.2) is 4.98 Å². The van der Waals surface area contributed by atoms with Crippen molar-refractivity contribution < 1.29 is 4.79 Å². The number of hydrogen-bond acceptors (Lipinski definition) is 2. The first kappa shape index (κ1) is 12.9. The molecule has 2 aromatic rings. The third kappa shape index (κ3) is 2.46. The molecule has 2 heterocycles. The van der Waals surface area contributed by atoms with Crippen LogP contribution >= 0.6 is 15.9 Å². The van der Waals surface area contributed by atoms with E-state index in [-0.39, 0.29) is 0 Å². The van der Waals surface area contributed by atoms with E-state index in [1.54, 1.807) is 6.20 Å². The second-order valence-corrected chi connectivity index (χ2v) is 6.20. The molecule has 1 saturated carbocycles. The first-order chi connectivity index (χ1) is 9.29. The van der Waals surface area contributed by atoms with Gasteiger partial charge in [-0.3, -0.25) is 4.79 Å². The van der Waals surface area contributed by atoms with Crippen molar-refractivity contribution >= 4 is 33.2 Å². The zero-order valence-corrected chi connectivity index (χ0v) is 12.4. The summed E-state index contributed by atoms with van der Waals surface area (Å²) in [5, 5.41) is 0.938. The van der Waals surface area contributed by atoms with Gasteiger partial charge in [0.05, 0.1) is 0 Å². The van der Waals surface area contributed by atoms with Crippen LogP contribution in [0.4, 0.5) is 0 Å². The van der Waals surface area contributed by atoms with Crippen molar-refractivity contribution in [1.82, 2.24) is 9.55 Å². The maximum Gasteiger partial charge on any atom is 0.152 e. The predicted octanol–water partition coefficient (Wildman–Crippen LogP) is 4.19. The Morgan fingerprint density at radius 1 is 1.37 bits per heavy atom. The molecule has 100 valence electrons. The maximum atomic E-state index is 11.2. The first-order valence-electron chi connectivity index (χ1n) is 6.88. The van der Waals surface area contributed by atoms with Crippen molar-refractivity contribution in [2.45, 2.75) is 38.6 Å². The summed E-state index contributed by atoms with van der Waals surface area (Å²) in [5.74, 6) is 0.727. The number of hydrogen-bond donors (Lipinski definition) is 0. The van der Waals surface area contributed by atoms with Gasteiger partial charge in [0.1, 0.15) is 5.65 Å². The van der Waals surface area contributed by atoms with Crippen LogP contribution in [0.5, 0.6) is 0 Å². The molecule has 1 fully saturated rings. The van der Waals surface area contributed by atoms with Crippen molar-refractivity contribution in [2.75, 3.05) is 0 Å². The molecule has 1 aliphatic carbocycles. The summed E-state index contributed by atoms with van der Waals surface area (Å²) in [6.07, 6.45) is 11.3. The zero-order chi connectivity index (χ0) is 13.2. The Morgan fingerprint density at radius 3 is 2.89 bits per heavy atom. The number of aldehydes is 1. The lowest BCUT2D eigenvalue weighted by atomic mass is 9.89. The normalized spacial score (nSPS) is 16.9. The van der Waals surface area contributed by atoms with Gasteiger partial charge in [0.15, 0.2) is 6.29 Å². The van der Waals surface area contributed by atoms with Crippen LogP contribution in [0.3, 0.4) is 0 Å². The Balaban J connectivity index is 1.99. The molecule has 4 heteroatoms. The fourth-order valence-corrected chi connectivity index (χ4v) is 3.61. The van der Waals surface area contributed by atoms with Gasteiger partial charge in [0.2, 0.25) is 0 Å². The van der Waals surface area contributed by atoms with E-state index in [2.05, 4.69) is 25.5 Å². The third-order valence-electron chi connectivity index (χ3n) is 4.04. The highest BCUT2D eigenvalue weighted by Crippen LogP contribution is 2.30. The van der Waals surface area contributed by atoms with Crippen molar-refractivity contribution in [1.29, 1.82) is 0 Å². The summed E-state index contributed by atoms with van der Waals surface area (Å²) in [5.41, 5.74) is 1.65. The average molecular weight is 321 g/mol. The molecule has 1 aliphatic rings. The summed E-state index contributed by atoms with van der Waals surface area (Å²) >= 11 is 3.51. The van der Waals surface area contributed by atoms with Crippen LogP contribution in [0, 0.1) is 5.92 Å². The van der Waals surface area contributed by atoms with Gasteiger partial charge in [-0.05, 0) is 40.8 Å². The maximum absolute atomic E-state index is 11.2. The standard InChI is InChI=1S/C15H17BrN2O/c16-13-6-7-17-15-14(13)12(10-19)9-18(15)8-11-4-2-1-3-5-11/h6-7,9-11H,1-5,8H2. The van der Waals surface area contributed by atoms with Crippen LogP contribution in [-0.2, 0) is 6.54 Å². The van der Waals surface area contributed by atoms with E-state index in [9.17, 15) is 4.79 Å². The van der Waals surface area contributed by atoms with Crippen LogP contribution in [-0.4, -0.2) is 15.8 Å². The smallest absolute Gasteiger partial charge is 0.152 e. The molecule has 0 aliphatic heterocycles. The number of pyridine rings is 1. The SMILES string of the molecule is O=Cc1cn(CC2CCCCC2)c2nccc(Br)c12. The molecule has 3 nitrogen and oxygen atoms in total. The monoisotopic (exact) mass is 320 g/mol. The first-order valence-corrected chi connectivity index (χ1v) is 7.67. The Labute approximate surface area is 121 Å². The molecule has 0 bridgehead atoms. The topological polar surface area (TPSA) is 34.9 Å². The zero-order valence-electron chi connectivity index (χ0n) is 10.8. The van der Waals surface area contributed by atoms with Crippen LogP contribution in [0.25, 0.3) is 11.0 Å². The minimum Gasteiger partial charge on any atom is -0.331 e. The second-order valence-electron chi connectivity index (χ2n) is 5.35. The van der Waals surface area contributed by atoms with Crippen LogP contribution in [0.1, 0.15) is 42.5 Å². The van der Waals surface area contributed by atoms with E-state index in [1.165, 1.54) is 32.1 Å². The highest BCUT2D eigenvalue weighted by molar-refractivity contribution is 9.10. The summed E-state index contributed by atoms with van der Waals surface area (Å²) < 4.78 is 3.10. The van der Waals surface area contributed by atoms with E-state index in [4.69, 9.17) is 0 Å². The van der Waals surface area contributed by atoms with Crippen molar-refractivity contribution in [2.24, 2.45) is 5.92 Å². The molecule has 19 heavy (non-hydrogen) atoms. The molecule has 0 spiro atoms. The molecule has 2 aromatic heterocycles. The van der Waals surface area contributed by atoms with Crippen molar-refractivity contribution in [3.63, 3.8) is 0 Å². The Kier molecular flexibility index (Phi) is 3.69. The number of fused-ring (bicyclic) bond motifs is 1. The van der Waals surface area contributed by atoms with Gasteiger partial charge in [-0.1, -0.05) is 19.3 Å². The highest BCUT2D eigenvalue weighted by Gasteiger charge is 2.17. The summed E-state index contributed by atoms with van der Waals surface area (Å²) in [6.45, 7) is 0.980. The van der Waals surface area contributed by atoms with Crippen molar-refractivity contribution in [3.05, 3.63) is 28.5 Å². The summed E-state index contributed by atoms with van der Waals surface area (Å²) in [7, 11) is 0. The Bertz CT molecular complexity index is 599. The van der Waals surface area contributed by atoms with Gasteiger partial charge in [-0.2, -0.15) is 0 Å². The fraction of sp³-hybridized carbons (Fsp3) is 0.467. The Hall–Kier alpha value is -1.16. The molecule has 0 saturated heterocycles. The number of halogens is 1. The summed E-state index contributed by atoms with van der Waals surface area (Å²) in [6, 6.07) is 1.89. The Morgan fingerprint density at radius 2 is 2.16 bits per heavy atom. The van der Waals surface area contributed by atoms with E-state index in [0.29, 0.717) is 0 Å². The quantitative estimate of drug-likeness (QED) is 0.795. The lowest BCUT2D eigenvalue weighted by Gasteiger charge is -2.22. The lowest BCUT2D eigenvalue weighted by molar-refractivity contribution is 0.112. The molecule has 3 rings (SSSR count).